The number of rotatable bonds is 5. The summed E-state index contributed by atoms with van der Waals surface area (Å²) in [5.41, 5.74) is 2.04. The van der Waals surface area contributed by atoms with Crippen LogP contribution in [0.3, 0.4) is 0 Å². The van der Waals surface area contributed by atoms with Gasteiger partial charge in [0.25, 0.3) is 0 Å². The van der Waals surface area contributed by atoms with Crippen molar-refractivity contribution in [2.45, 2.75) is 6.92 Å². The smallest absolute Gasteiger partial charge is 0.242 e. The summed E-state index contributed by atoms with van der Waals surface area (Å²) in [5.74, 6) is -0.747. The molecular weight excluding hydrogens is 424 g/mol. The van der Waals surface area contributed by atoms with E-state index in [2.05, 4.69) is 4.98 Å². The van der Waals surface area contributed by atoms with E-state index in [-0.39, 0.29) is 5.56 Å². The number of thiazole rings is 1. The van der Waals surface area contributed by atoms with Gasteiger partial charge in [-0.15, -0.1) is 11.3 Å². The van der Waals surface area contributed by atoms with E-state index in [1.54, 1.807) is 61.2 Å². The lowest BCUT2D eigenvalue weighted by Crippen LogP contribution is -2.05. The Labute approximate surface area is 181 Å². The van der Waals surface area contributed by atoms with Crippen molar-refractivity contribution in [2.24, 2.45) is 0 Å². The molecule has 0 unspecified atom stereocenters. The van der Waals surface area contributed by atoms with Gasteiger partial charge in [-0.05, 0) is 48.4 Å². The van der Waals surface area contributed by atoms with Gasteiger partial charge in [-0.3, -0.25) is 9.36 Å². The molecule has 4 aromatic rings. The number of hydrogen-bond acceptors (Lipinski definition) is 6. The van der Waals surface area contributed by atoms with Gasteiger partial charge in [0.05, 0.1) is 18.4 Å². The number of halogens is 1. The third kappa shape index (κ3) is 3.32. The van der Waals surface area contributed by atoms with Crippen molar-refractivity contribution in [1.82, 2.24) is 9.55 Å². The van der Waals surface area contributed by atoms with Crippen LogP contribution in [0, 0.1) is 6.92 Å². The molecule has 0 radical (unpaired) electrons. The first-order valence-electron chi connectivity index (χ1n) is 8.94. The molecule has 6 nitrogen and oxygen atoms in total. The van der Waals surface area contributed by atoms with Gasteiger partial charge in [0.15, 0.2) is 16.7 Å². The molecule has 0 aliphatic rings. The lowest BCUT2D eigenvalue weighted by molar-refractivity contribution is 0.103. The molecule has 2 heterocycles. The Morgan fingerprint density at radius 3 is 2.50 bits per heavy atom. The first kappa shape index (κ1) is 20.0. The largest absolute Gasteiger partial charge is 0.503 e. The minimum Gasteiger partial charge on any atom is -0.503 e. The monoisotopic (exact) mass is 440 g/mol. The van der Waals surface area contributed by atoms with E-state index in [0.717, 1.165) is 5.56 Å². The summed E-state index contributed by atoms with van der Waals surface area (Å²) in [4.78, 5) is 17.7. The van der Waals surface area contributed by atoms with Crippen molar-refractivity contribution in [3.05, 3.63) is 75.8 Å². The van der Waals surface area contributed by atoms with E-state index in [0.29, 0.717) is 32.7 Å². The second-order valence-electron chi connectivity index (χ2n) is 6.57. The lowest BCUT2D eigenvalue weighted by atomic mass is 9.98. The van der Waals surface area contributed by atoms with Crippen LogP contribution in [-0.4, -0.2) is 32.7 Å². The van der Waals surface area contributed by atoms with Crippen molar-refractivity contribution >= 4 is 28.7 Å². The van der Waals surface area contributed by atoms with Gasteiger partial charge >= 0.3 is 0 Å². The number of methoxy groups -OCH3 is 1. The Kier molecular flexibility index (Phi) is 5.24. The van der Waals surface area contributed by atoms with Crippen LogP contribution in [0.4, 0.5) is 0 Å². The molecule has 0 aliphatic heterocycles. The Balaban J connectivity index is 1.97. The van der Waals surface area contributed by atoms with E-state index in [1.165, 1.54) is 15.9 Å². The van der Waals surface area contributed by atoms with Gasteiger partial charge in [0.2, 0.25) is 5.88 Å². The Morgan fingerprint density at radius 2 is 1.90 bits per heavy atom. The zero-order valence-electron chi connectivity index (χ0n) is 16.1. The number of carbonyl (C=O) groups is 1. The molecule has 0 saturated carbocycles. The summed E-state index contributed by atoms with van der Waals surface area (Å²) in [5, 5.41) is 24.1. The normalized spacial score (nSPS) is 10.9. The molecule has 4 rings (SSSR count). The van der Waals surface area contributed by atoms with Crippen molar-refractivity contribution < 1.29 is 19.7 Å². The molecular formula is C22H17ClN2O4S. The minimum absolute atomic E-state index is 0.0189. The number of nitrogens with zero attached hydrogens (tertiary/aromatic N) is 2. The number of aromatic hydroxyl groups is 2. The Hall–Kier alpha value is -3.29. The van der Waals surface area contributed by atoms with Crippen LogP contribution in [0.15, 0.2) is 54.0 Å². The highest BCUT2D eigenvalue weighted by molar-refractivity contribution is 7.12. The SMILES string of the molecule is COc1ccc(C(=O)c2c(O)c(O)n(-c3nccs3)c2-c2ccc(Cl)cc2)cc1C. The molecule has 8 heteroatoms. The van der Waals surface area contributed by atoms with Crippen LogP contribution in [0.2, 0.25) is 5.02 Å². The number of carbonyl (C=O) groups excluding carboxylic acids is 1. The van der Waals surface area contributed by atoms with Crippen molar-refractivity contribution in [2.75, 3.05) is 7.11 Å². The third-order valence-corrected chi connectivity index (χ3v) is 5.74. The summed E-state index contributed by atoms with van der Waals surface area (Å²) >= 11 is 7.29. The van der Waals surface area contributed by atoms with Crippen LogP contribution < -0.4 is 4.74 Å². The summed E-state index contributed by atoms with van der Waals surface area (Å²) in [7, 11) is 1.56. The highest BCUT2D eigenvalue weighted by atomic mass is 35.5. The van der Waals surface area contributed by atoms with Gasteiger partial charge in [-0.1, -0.05) is 23.7 Å². The summed E-state index contributed by atoms with van der Waals surface area (Å²) in [6, 6.07) is 11.8. The molecule has 0 aliphatic carbocycles. The number of aromatic nitrogens is 2. The molecule has 152 valence electrons. The highest BCUT2D eigenvalue weighted by Crippen LogP contribution is 2.44. The molecule has 0 amide bonds. The summed E-state index contributed by atoms with van der Waals surface area (Å²) in [6.07, 6.45) is 1.58. The molecule has 0 spiro atoms. The Morgan fingerprint density at radius 1 is 1.17 bits per heavy atom. The van der Waals surface area contributed by atoms with Gasteiger partial charge in [0, 0.05) is 22.2 Å². The third-order valence-electron chi connectivity index (χ3n) is 4.73. The van der Waals surface area contributed by atoms with Crippen LogP contribution in [0.1, 0.15) is 21.5 Å². The second kappa shape index (κ2) is 7.85. The molecule has 30 heavy (non-hydrogen) atoms. The maximum absolute atomic E-state index is 13.4. The van der Waals surface area contributed by atoms with Gasteiger partial charge in [0.1, 0.15) is 5.75 Å². The first-order valence-corrected chi connectivity index (χ1v) is 10.2. The minimum atomic E-state index is -0.506. The molecule has 0 saturated heterocycles. The van der Waals surface area contributed by atoms with Crippen molar-refractivity contribution in [3.8, 4) is 33.8 Å². The van der Waals surface area contributed by atoms with Crippen molar-refractivity contribution in [1.29, 1.82) is 0 Å². The van der Waals surface area contributed by atoms with E-state index >= 15 is 0 Å². The molecule has 0 fully saturated rings. The summed E-state index contributed by atoms with van der Waals surface area (Å²) in [6.45, 7) is 1.83. The maximum atomic E-state index is 13.4. The predicted octanol–water partition coefficient (Wildman–Crippen LogP) is 5.21. The number of ketones is 1. The number of hydrogen-bond donors (Lipinski definition) is 2. The number of ether oxygens (including phenoxy) is 1. The average Bonchev–Trinajstić information content (AvgIpc) is 3.35. The van der Waals surface area contributed by atoms with Gasteiger partial charge < -0.3 is 14.9 Å². The summed E-state index contributed by atoms with van der Waals surface area (Å²) < 4.78 is 6.63. The second-order valence-corrected chi connectivity index (χ2v) is 7.88. The maximum Gasteiger partial charge on any atom is 0.242 e. The fraction of sp³-hybridized carbons (Fsp3) is 0.0909. The standard InChI is InChI=1S/C22H17ClN2O4S/c1-12-11-14(5-8-16(12)29-2)19(26)17-18(13-3-6-15(23)7-4-13)25(21(28)20(17)27)22-24-9-10-30-22/h3-11,27-28H,1-2H3. The topological polar surface area (TPSA) is 84.6 Å². The fourth-order valence-electron chi connectivity index (χ4n) is 3.32. The Bertz CT molecular complexity index is 1230. The molecule has 2 aromatic heterocycles. The van der Waals surface area contributed by atoms with E-state index in [9.17, 15) is 15.0 Å². The van der Waals surface area contributed by atoms with Crippen molar-refractivity contribution in [3.63, 3.8) is 0 Å². The quantitative estimate of drug-likeness (QED) is 0.416. The molecule has 0 bridgehead atoms. The van der Waals surface area contributed by atoms with Crippen LogP contribution >= 0.6 is 22.9 Å². The van der Waals surface area contributed by atoms with Gasteiger partial charge in [-0.2, -0.15) is 0 Å². The first-order chi connectivity index (χ1) is 14.4. The van der Waals surface area contributed by atoms with Crippen LogP contribution in [0.5, 0.6) is 17.4 Å². The fourth-order valence-corrected chi connectivity index (χ4v) is 4.09. The number of aryl methyl sites for hydroxylation is 1. The van der Waals surface area contributed by atoms with Crippen LogP contribution in [0.25, 0.3) is 16.4 Å². The van der Waals surface area contributed by atoms with Crippen LogP contribution in [-0.2, 0) is 0 Å². The zero-order valence-corrected chi connectivity index (χ0v) is 17.7. The average molecular weight is 441 g/mol. The number of benzene rings is 2. The zero-order chi connectivity index (χ0) is 21.4. The highest BCUT2D eigenvalue weighted by Gasteiger charge is 2.30. The van der Waals surface area contributed by atoms with E-state index < -0.39 is 17.4 Å². The predicted molar refractivity (Wildman–Crippen MR) is 116 cm³/mol. The van der Waals surface area contributed by atoms with E-state index in [1.807, 2.05) is 6.92 Å². The lowest BCUT2D eigenvalue weighted by Gasteiger charge is -2.10. The molecule has 0 atom stereocenters. The molecule has 2 aromatic carbocycles. The van der Waals surface area contributed by atoms with E-state index in [4.69, 9.17) is 16.3 Å². The van der Waals surface area contributed by atoms with Gasteiger partial charge in [-0.25, -0.2) is 4.98 Å². The molecule has 2 N–H and O–H groups in total.